The van der Waals surface area contributed by atoms with E-state index in [-0.39, 0.29) is 11.9 Å². The smallest absolute Gasteiger partial charge is 0.313 e. The average molecular weight is 291 g/mol. The second-order valence-electron chi connectivity index (χ2n) is 5.54. The number of likely N-dealkylation sites (tertiary alicyclic amines) is 1. The van der Waals surface area contributed by atoms with Crippen LogP contribution in [0, 0.1) is 0 Å². The van der Waals surface area contributed by atoms with Crippen molar-refractivity contribution < 1.29 is 14.3 Å². The van der Waals surface area contributed by atoms with Gasteiger partial charge in [-0.05, 0) is 56.6 Å². The fraction of sp³-hybridized carbons (Fsp3) is 0.588. The molecule has 4 heteroatoms. The Hall–Kier alpha value is -1.55. The van der Waals surface area contributed by atoms with Gasteiger partial charge in [0.1, 0.15) is 5.75 Å². The fourth-order valence-electron chi connectivity index (χ4n) is 2.89. The Labute approximate surface area is 127 Å². The van der Waals surface area contributed by atoms with E-state index in [2.05, 4.69) is 4.90 Å². The van der Waals surface area contributed by atoms with Crippen LogP contribution in [0.1, 0.15) is 37.2 Å². The molecule has 1 aromatic carbocycles. The lowest BCUT2D eigenvalue weighted by atomic mass is 9.95. The lowest BCUT2D eigenvalue weighted by molar-refractivity contribution is -0.142. The van der Waals surface area contributed by atoms with Crippen LogP contribution in [-0.2, 0) is 9.53 Å². The lowest BCUT2D eigenvalue weighted by Gasteiger charge is -2.27. The van der Waals surface area contributed by atoms with Gasteiger partial charge >= 0.3 is 5.97 Å². The van der Waals surface area contributed by atoms with Crippen molar-refractivity contribution in [1.29, 1.82) is 0 Å². The minimum Gasteiger partial charge on any atom is -0.497 e. The molecule has 4 nitrogen and oxygen atoms in total. The van der Waals surface area contributed by atoms with Gasteiger partial charge in [0.25, 0.3) is 0 Å². The van der Waals surface area contributed by atoms with Crippen LogP contribution in [0.2, 0.25) is 0 Å². The van der Waals surface area contributed by atoms with Gasteiger partial charge in [0.15, 0.2) is 0 Å². The number of hydrogen-bond acceptors (Lipinski definition) is 4. The summed E-state index contributed by atoms with van der Waals surface area (Å²) in [5.41, 5.74) is 1.000. The molecular weight excluding hydrogens is 266 g/mol. The molecule has 21 heavy (non-hydrogen) atoms. The van der Waals surface area contributed by atoms with Crippen LogP contribution in [-0.4, -0.2) is 44.7 Å². The maximum Gasteiger partial charge on any atom is 0.313 e. The van der Waals surface area contributed by atoms with Crippen molar-refractivity contribution in [2.45, 2.75) is 31.6 Å². The van der Waals surface area contributed by atoms with Gasteiger partial charge in [-0.1, -0.05) is 18.6 Å². The van der Waals surface area contributed by atoms with Crippen LogP contribution in [0.25, 0.3) is 0 Å². The quantitative estimate of drug-likeness (QED) is 0.756. The van der Waals surface area contributed by atoms with Crippen molar-refractivity contribution in [2.75, 3.05) is 33.9 Å². The summed E-state index contributed by atoms with van der Waals surface area (Å²) in [5, 5.41) is 0. The first kappa shape index (κ1) is 15.8. The Bertz CT molecular complexity index is 438. The zero-order valence-electron chi connectivity index (χ0n) is 13.0. The summed E-state index contributed by atoms with van der Waals surface area (Å²) in [4.78, 5) is 14.5. The first-order valence-corrected chi connectivity index (χ1v) is 7.68. The number of nitrogens with zero attached hydrogens (tertiary/aromatic N) is 1. The van der Waals surface area contributed by atoms with Gasteiger partial charge in [0, 0.05) is 0 Å². The molecule has 1 aromatic rings. The van der Waals surface area contributed by atoms with Crippen molar-refractivity contribution in [3.8, 4) is 5.75 Å². The Morgan fingerprint density at radius 3 is 2.38 bits per heavy atom. The molecule has 0 radical (unpaired) electrons. The van der Waals surface area contributed by atoms with Crippen LogP contribution in [0.4, 0.5) is 0 Å². The first-order valence-electron chi connectivity index (χ1n) is 7.68. The summed E-state index contributed by atoms with van der Waals surface area (Å²) < 4.78 is 10.1. The van der Waals surface area contributed by atoms with E-state index >= 15 is 0 Å². The van der Waals surface area contributed by atoms with Gasteiger partial charge in [-0.2, -0.15) is 0 Å². The molecule has 1 aliphatic heterocycles. The molecule has 0 bridgehead atoms. The number of esters is 1. The van der Waals surface area contributed by atoms with Gasteiger partial charge in [-0.15, -0.1) is 0 Å². The highest BCUT2D eigenvalue weighted by Gasteiger charge is 2.22. The highest BCUT2D eigenvalue weighted by molar-refractivity contribution is 5.78. The minimum atomic E-state index is -0.192. The standard InChI is InChI=1S/C17H25NO3/c1-20-15-8-6-14(7-9-15)16(17(19)21-2)10-13-18-11-4-3-5-12-18/h6-9,16H,3-5,10-13H2,1-2H3. The average Bonchev–Trinajstić information content (AvgIpc) is 2.56. The summed E-state index contributed by atoms with van der Waals surface area (Å²) >= 11 is 0. The lowest BCUT2D eigenvalue weighted by Crippen LogP contribution is -2.32. The Kier molecular flexibility index (Phi) is 6.05. The van der Waals surface area contributed by atoms with Gasteiger partial charge in [-0.3, -0.25) is 4.79 Å². The van der Waals surface area contributed by atoms with Crippen LogP contribution in [0.15, 0.2) is 24.3 Å². The van der Waals surface area contributed by atoms with E-state index in [4.69, 9.17) is 9.47 Å². The summed E-state index contributed by atoms with van der Waals surface area (Å²) in [6.07, 6.45) is 4.67. The van der Waals surface area contributed by atoms with Gasteiger partial charge in [0.2, 0.25) is 0 Å². The van der Waals surface area contributed by atoms with E-state index in [0.29, 0.717) is 0 Å². The number of carbonyl (C=O) groups excluding carboxylic acids is 1. The molecule has 1 atom stereocenters. The predicted molar refractivity (Wildman–Crippen MR) is 82.7 cm³/mol. The number of carbonyl (C=O) groups is 1. The molecule has 0 aliphatic carbocycles. The molecule has 0 aromatic heterocycles. The Balaban J connectivity index is 2.00. The summed E-state index contributed by atoms with van der Waals surface area (Å²) in [6.45, 7) is 3.25. The number of hydrogen-bond donors (Lipinski definition) is 0. The van der Waals surface area contributed by atoms with Gasteiger partial charge < -0.3 is 14.4 Å². The molecule has 1 unspecified atom stereocenters. The number of methoxy groups -OCH3 is 2. The maximum atomic E-state index is 12.1. The highest BCUT2D eigenvalue weighted by atomic mass is 16.5. The summed E-state index contributed by atoms with van der Waals surface area (Å²) in [5.74, 6) is 0.457. The maximum absolute atomic E-state index is 12.1. The van der Waals surface area contributed by atoms with Crippen molar-refractivity contribution in [1.82, 2.24) is 4.90 Å². The molecule has 0 saturated carbocycles. The van der Waals surface area contributed by atoms with Gasteiger partial charge in [-0.25, -0.2) is 0 Å². The van der Waals surface area contributed by atoms with Crippen LogP contribution < -0.4 is 4.74 Å². The molecule has 1 saturated heterocycles. The summed E-state index contributed by atoms with van der Waals surface area (Å²) in [6, 6.07) is 7.70. The monoisotopic (exact) mass is 291 g/mol. The fourth-order valence-corrected chi connectivity index (χ4v) is 2.89. The molecule has 0 spiro atoms. The summed E-state index contributed by atoms with van der Waals surface area (Å²) in [7, 11) is 3.10. The predicted octanol–water partition coefficient (Wildman–Crippen LogP) is 2.83. The van der Waals surface area contributed by atoms with Crippen LogP contribution in [0.5, 0.6) is 5.75 Å². The third kappa shape index (κ3) is 4.46. The molecule has 116 valence electrons. The van der Waals surface area contributed by atoms with Crippen LogP contribution >= 0.6 is 0 Å². The molecular formula is C17H25NO3. The molecule has 1 fully saturated rings. The van der Waals surface area contributed by atoms with E-state index < -0.39 is 0 Å². The van der Waals surface area contributed by atoms with Crippen LogP contribution in [0.3, 0.4) is 0 Å². The second-order valence-corrected chi connectivity index (χ2v) is 5.54. The van der Waals surface area contributed by atoms with Crippen molar-refractivity contribution in [3.63, 3.8) is 0 Å². The van der Waals surface area contributed by atoms with E-state index in [1.165, 1.54) is 26.4 Å². The van der Waals surface area contributed by atoms with E-state index in [1.807, 2.05) is 24.3 Å². The number of piperidine rings is 1. The SMILES string of the molecule is COC(=O)C(CCN1CCCCC1)c1ccc(OC)cc1. The second kappa shape index (κ2) is 8.03. The molecule has 0 amide bonds. The zero-order chi connectivity index (χ0) is 15.1. The van der Waals surface area contributed by atoms with Crippen molar-refractivity contribution in [2.24, 2.45) is 0 Å². The minimum absolute atomic E-state index is 0.155. The third-order valence-electron chi connectivity index (χ3n) is 4.19. The molecule has 0 N–H and O–H groups in total. The number of rotatable bonds is 6. The normalized spacial score (nSPS) is 17.2. The Morgan fingerprint density at radius 1 is 1.14 bits per heavy atom. The molecule has 1 aliphatic rings. The topological polar surface area (TPSA) is 38.8 Å². The first-order chi connectivity index (χ1) is 10.2. The molecule has 1 heterocycles. The zero-order valence-corrected chi connectivity index (χ0v) is 13.0. The van der Waals surface area contributed by atoms with Crippen molar-refractivity contribution in [3.05, 3.63) is 29.8 Å². The Morgan fingerprint density at radius 2 is 1.81 bits per heavy atom. The van der Waals surface area contributed by atoms with E-state index in [1.54, 1.807) is 7.11 Å². The van der Waals surface area contributed by atoms with Gasteiger partial charge in [0.05, 0.1) is 20.1 Å². The molecule has 2 rings (SSSR count). The van der Waals surface area contributed by atoms with E-state index in [0.717, 1.165) is 37.4 Å². The number of benzene rings is 1. The van der Waals surface area contributed by atoms with Crippen molar-refractivity contribution >= 4 is 5.97 Å². The largest absolute Gasteiger partial charge is 0.497 e. The van der Waals surface area contributed by atoms with E-state index in [9.17, 15) is 4.79 Å². The third-order valence-corrected chi connectivity index (χ3v) is 4.19. The highest BCUT2D eigenvalue weighted by Crippen LogP contribution is 2.24. The number of ether oxygens (including phenoxy) is 2.